The van der Waals surface area contributed by atoms with Crippen LogP contribution in [0.3, 0.4) is 0 Å². The minimum Gasteiger partial charge on any atom is -0.497 e. The lowest BCUT2D eigenvalue weighted by Crippen LogP contribution is -2.22. The van der Waals surface area contributed by atoms with Crippen molar-refractivity contribution in [3.05, 3.63) is 59.5 Å². The Bertz CT molecular complexity index is 1060. The van der Waals surface area contributed by atoms with Crippen LogP contribution in [0.5, 0.6) is 5.75 Å². The molecule has 0 aliphatic carbocycles. The SMILES string of the molecule is COc1ccc(/C=N/Nc2nc(-c3ccc(S(=O)(=O)N(C)C)cc3)cs2)cc1. The van der Waals surface area contributed by atoms with Gasteiger partial charge in [0.1, 0.15) is 5.75 Å². The summed E-state index contributed by atoms with van der Waals surface area (Å²) in [5.74, 6) is 0.791. The van der Waals surface area contributed by atoms with E-state index >= 15 is 0 Å². The lowest BCUT2D eigenvalue weighted by Gasteiger charge is -2.11. The monoisotopic (exact) mass is 416 g/mol. The summed E-state index contributed by atoms with van der Waals surface area (Å²) in [7, 11) is 1.20. The zero-order valence-corrected chi connectivity index (χ0v) is 17.3. The number of thiazole rings is 1. The molecule has 3 rings (SSSR count). The number of aromatic nitrogens is 1. The highest BCUT2D eigenvalue weighted by Crippen LogP contribution is 2.26. The van der Waals surface area contributed by atoms with Crippen LogP contribution in [0.2, 0.25) is 0 Å². The minimum atomic E-state index is -3.44. The van der Waals surface area contributed by atoms with E-state index in [1.807, 2.05) is 29.6 Å². The predicted molar refractivity (Wildman–Crippen MR) is 113 cm³/mol. The molecule has 0 aliphatic rings. The van der Waals surface area contributed by atoms with Crippen LogP contribution >= 0.6 is 11.3 Å². The second kappa shape index (κ2) is 8.51. The number of nitrogens with one attached hydrogen (secondary N) is 1. The van der Waals surface area contributed by atoms with Crippen molar-refractivity contribution in [1.29, 1.82) is 0 Å². The second-order valence-electron chi connectivity index (χ2n) is 5.99. The van der Waals surface area contributed by atoms with Gasteiger partial charge in [0.05, 0.1) is 23.9 Å². The molecule has 0 saturated heterocycles. The summed E-state index contributed by atoms with van der Waals surface area (Å²) >= 11 is 1.42. The van der Waals surface area contributed by atoms with Gasteiger partial charge in [-0.3, -0.25) is 5.43 Å². The molecule has 7 nitrogen and oxygen atoms in total. The Morgan fingerprint density at radius 1 is 1.11 bits per heavy atom. The summed E-state index contributed by atoms with van der Waals surface area (Å²) in [4.78, 5) is 4.73. The topological polar surface area (TPSA) is 83.9 Å². The number of benzene rings is 2. The maximum absolute atomic E-state index is 12.1. The van der Waals surface area contributed by atoms with Gasteiger partial charge in [-0.15, -0.1) is 11.3 Å². The van der Waals surface area contributed by atoms with Gasteiger partial charge in [-0.1, -0.05) is 12.1 Å². The van der Waals surface area contributed by atoms with Gasteiger partial charge in [-0.2, -0.15) is 5.10 Å². The first kappa shape index (κ1) is 20.0. The number of rotatable bonds is 7. The molecule has 0 atom stereocenters. The number of methoxy groups -OCH3 is 1. The van der Waals surface area contributed by atoms with E-state index in [1.54, 1.807) is 37.6 Å². The predicted octanol–water partition coefficient (Wildman–Crippen LogP) is 3.52. The quantitative estimate of drug-likeness (QED) is 0.471. The first-order chi connectivity index (χ1) is 13.4. The first-order valence-corrected chi connectivity index (χ1v) is 10.6. The van der Waals surface area contributed by atoms with Crippen molar-refractivity contribution in [3.8, 4) is 17.0 Å². The number of sulfonamides is 1. The third kappa shape index (κ3) is 4.56. The van der Waals surface area contributed by atoms with Crippen LogP contribution in [0.25, 0.3) is 11.3 Å². The van der Waals surface area contributed by atoms with Gasteiger partial charge in [0.25, 0.3) is 0 Å². The largest absolute Gasteiger partial charge is 0.497 e. The normalized spacial score (nSPS) is 11.9. The Morgan fingerprint density at radius 3 is 2.39 bits per heavy atom. The molecule has 3 aromatic rings. The molecule has 0 spiro atoms. The Kier molecular flexibility index (Phi) is 6.08. The fourth-order valence-corrected chi connectivity index (χ4v) is 3.89. The average molecular weight is 417 g/mol. The molecule has 146 valence electrons. The molecule has 0 radical (unpaired) electrons. The number of hydrogen-bond donors (Lipinski definition) is 1. The van der Waals surface area contributed by atoms with E-state index in [1.165, 1.54) is 29.7 Å². The zero-order chi connectivity index (χ0) is 20.1. The first-order valence-electron chi connectivity index (χ1n) is 8.32. The maximum atomic E-state index is 12.1. The molecule has 0 amide bonds. The summed E-state index contributed by atoms with van der Waals surface area (Å²) < 4.78 is 30.6. The van der Waals surface area contributed by atoms with Crippen molar-refractivity contribution in [1.82, 2.24) is 9.29 Å². The van der Waals surface area contributed by atoms with Crippen molar-refractivity contribution < 1.29 is 13.2 Å². The maximum Gasteiger partial charge on any atom is 0.242 e. The summed E-state index contributed by atoms with van der Waals surface area (Å²) in [6.07, 6.45) is 1.70. The fourth-order valence-electron chi connectivity index (χ4n) is 2.32. The highest BCUT2D eigenvalue weighted by Gasteiger charge is 2.17. The number of hydrogen-bond acceptors (Lipinski definition) is 7. The van der Waals surface area contributed by atoms with E-state index in [2.05, 4.69) is 15.5 Å². The van der Waals surface area contributed by atoms with Gasteiger partial charge < -0.3 is 4.74 Å². The third-order valence-corrected chi connectivity index (χ3v) is 6.50. The number of ether oxygens (including phenoxy) is 1. The molecule has 1 aromatic heterocycles. The molecule has 2 aromatic carbocycles. The minimum absolute atomic E-state index is 0.249. The van der Waals surface area contributed by atoms with E-state index in [-0.39, 0.29) is 4.90 Å². The number of nitrogens with zero attached hydrogens (tertiary/aromatic N) is 3. The number of hydrazone groups is 1. The molecule has 0 bridgehead atoms. The third-order valence-electron chi connectivity index (χ3n) is 3.92. The van der Waals surface area contributed by atoms with Crippen molar-refractivity contribution >= 4 is 32.7 Å². The van der Waals surface area contributed by atoms with Crippen LogP contribution in [-0.4, -0.2) is 45.1 Å². The molecule has 9 heteroatoms. The zero-order valence-electron chi connectivity index (χ0n) is 15.7. The van der Waals surface area contributed by atoms with Crippen LogP contribution in [0, 0.1) is 0 Å². The van der Waals surface area contributed by atoms with E-state index < -0.39 is 10.0 Å². The molecular weight excluding hydrogens is 396 g/mol. The van der Waals surface area contributed by atoms with E-state index in [4.69, 9.17) is 4.74 Å². The van der Waals surface area contributed by atoms with Gasteiger partial charge >= 0.3 is 0 Å². The summed E-state index contributed by atoms with van der Waals surface area (Å²) in [5.41, 5.74) is 5.42. The van der Waals surface area contributed by atoms with Crippen molar-refractivity contribution in [2.45, 2.75) is 4.90 Å². The summed E-state index contributed by atoms with van der Waals surface area (Å²) in [5, 5.41) is 6.72. The van der Waals surface area contributed by atoms with E-state index in [9.17, 15) is 8.42 Å². The van der Waals surface area contributed by atoms with Gasteiger partial charge in [0.2, 0.25) is 15.2 Å². The molecule has 1 N–H and O–H groups in total. The Labute approximate surface area is 168 Å². The van der Waals surface area contributed by atoms with Gasteiger partial charge in [0, 0.05) is 25.0 Å². The molecule has 28 heavy (non-hydrogen) atoms. The van der Waals surface area contributed by atoms with E-state index in [0.29, 0.717) is 5.13 Å². The molecule has 0 aliphatic heterocycles. The summed E-state index contributed by atoms with van der Waals surface area (Å²) in [6.45, 7) is 0. The lowest BCUT2D eigenvalue weighted by molar-refractivity contribution is 0.415. The van der Waals surface area contributed by atoms with Gasteiger partial charge in [-0.05, 0) is 42.0 Å². The van der Waals surface area contributed by atoms with Crippen LogP contribution in [0.4, 0.5) is 5.13 Å². The second-order valence-corrected chi connectivity index (χ2v) is 9.00. The van der Waals surface area contributed by atoms with Crippen LogP contribution in [0.1, 0.15) is 5.56 Å². The fraction of sp³-hybridized carbons (Fsp3) is 0.158. The Hall–Kier alpha value is -2.75. The molecular formula is C19H20N4O3S2. The molecule has 0 saturated carbocycles. The summed E-state index contributed by atoms with van der Waals surface area (Å²) in [6, 6.07) is 14.2. The smallest absolute Gasteiger partial charge is 0.242 e. The van der Waals surface area contributed by atoms with Crippen LogP contribution in [-0.2, 0) is 10.0 Å². The number of anilines is 1. The average Bonchev–Trinajstić information content (AvgIpc) is 3.17. The van der Waals surface area contributed by atoms with Crippen molar-refractivity contribution in [3.63, 3.8) is 0 Å². The van der Waals surface area contributed by atoms with Crippen molar-refractivity contribution in [2.75, 3.05) is 26.6 Å². The molecule has 0 unspecified atom stereocenters. The van der Waals surface area contributed by atoms with Gasteiger partial charge in [0.15, 0.2) is 0 Å². The highest BCUT2D eigenvalue weighted by molar-refractivity contribution is 7.89. The Balaban J connectivity index is 1.67. The molecule has 1 heterocycles. The van der Waals surface area contributed by atoms with Crippen LogP contribution in [0.15, 0.2) is 63.9 Å². The lowest BCUT2D eigenvalue weighted by atomic mass is 10.2. The van der Waals surface area contributed by atoms with Crippen LogP contribution < -0.4 is 10.2 Å². The standard InChI is InChI=1S/C19H20N4O3S2/c1-23(2)28(24,25)17-10-6-15(7-11-17)18-13-27-19(21-18)22-20-12-14-4-8-16(26-3)9-5-14/h4-13H,1-3H3,(H,21,22)/b20-12+. The Morgan fingerprint density at radius 2 is 1.79 bits per heavy atom. The van der Waals surface area contributed by atoms with Crippen molar-refractivity contribution in [2.24, 2.45) is 5.10 Å². The van der Waals surface area contributed by atoms with E-state index in [0.717, 1.165) is 22.6 Å². The molecule has 0 fully saturated rings. The highest BCUT2D eigenvalue weighted by atomic mass is 32.2. The van der Waals surface area contributed by atoms with Gasteiger partial charge in [-0.25, -0.2) is 17.7 Å².